The van der Waals surface area contributed by atoms with Crippen LogP contribution in [0.2, 0.25) is 0 Å². The van der Waals surface area contributed by atoms with E-state index in [1.165, 1.54) is 0 Å². The molecular weight excluding hydrogens is 403 g/mol. The van der Waals surface area contributed by atoms with Gasteiger partial charge in [0.1, 0.15) is 16.8 Å². The van der Waals surface area contributed by atoms with E-state index in [4.69, 9.17) is 20.9 Å². The highest BCUT2D eigenvalue weighted by Gasteiger charge is 2.39. The summed E-state index contributed by atoms with van der Waals surface area (Å²) in [6.45, 7) is 0. The predicted molar refractivity (Wildman–Crippen MR) is 129 cm³/mol. The molecule has 0 radical (unpaired) electrons. The van der Waals surface area contributed by atoms with Gasteiger partial charge in [0.15, 0.2) is 0 Å². The van der Waals surface area contributed by atoms with Crippen LogP contribution in [0.15, 0.2) is 103 Å². The number of halogens is 1. The second-order valence-corrected chi connectivity index (χ2v) is 8.21. The van der Waals surface area contributed by atoms with E-state index in [1.807, 2.05) is 42.5 Å². The second kappa shape index (κ2) is 7.37. The highest BCUT2D eigenvalue weighted by atomic mass is 35.5. The molecule has 1 aliphatic heterocycles. The molecule has 6 rings (SSSR count). The molecule has 0 spiro atoms. The maximum absolute atomic E-state index is 6.88. The van der Waals surface area contributed by atoms with E-state index in [9.17, 15) is 0 Å². The van der Waals surface area contributed by atoms with Crippen LogP contribution in [0.4, 0.5) is 0 Å². The molecular formula is C27H18BClO2. The summed E-state index contributed by atoms with van der Waals surface area (Å²) in [5.74, 6) is 1.56. The van der Waals surface area contributed by atoms with Crippen LogP contribution in [0.3, 0.4) is 0 Å². The Labute approximate surface area is 186 Å². The van der Waals surface area contributed by atoms with E-state index in [0.717, 1.165) is 49.7 Å². The van der Waals surface area contributed by atoms with Crippen molar-refractivity contribution in [3.8, 4) is 22.6 Å². The Bertz CT molecular complexity index is 1330. The summed E-state index contributed by atoms with van der Waals surface area (Å²) in [6.07, 6.45) is 0. The summed E-state index contributed by atoms with van der Waals surface area (Å²) < 4.78 is 12.9. The number of fused-ring (bicyclic) bond motifs is 7. The molecule has 1 atom stereocenters. The Morgan fingerprint density at radius 1 is 0.548 bits per heavy atom. The van der Waals surface area contributed by atoms with Gasteiger partial charge < -0.3 is 9.31 Å². The third kappa shape index (κ3) is 3.05. The summed E-state index contributed by atoms with van der Waals surface area (Å²) in [5.41, 5.74) is 3.05. The maximum Gasteiger partial charge on any atom is 0.618 e. The van der Waals surface area contributed by atoms with Gasteiger partial charge in [-0.3, -0.25) is 0 Å². The van der Waals surface area contributed by atoms with Crippen LogP contribution in [0.1, 0.15) is 10.8 Å². The average Bonchev–Trinajstić information content (AvgIpc) is 3.01. The van der Waals surface area contributed by atoms with Crippen molar-refractivity contribution >= 4 is 40.3 Å². The minimum absolute atomic E-state index is 0.460. The van der Waals surface area contributed by atoms with Gasteiger partial charge in [-0.05, 0) is 39.2 Å². The van der Waals surface area contributed by atoms with Crippen LogP contribution >= 0.6 is 11.6 Å². The molecule has 31 heavy (non-hydrogen) atoms. The number of rotatable bonds is 2. The van der Waals surface area contributed by atoms with E-state index >= 15 is 0 Å². The summed E-state index contributed by atoms with van der Waals surface area (Å²) >= 11 is 6.88. The smallest absolute Gasteiger partial charge is 0.524 e. The lowest BCUT2D eigenvalue weighted by molar-refractivity contribution is 0.426. The van der Waals surface area contributed by atoms with Crippen molar-refractivity contribution in [3.63, 3.8) is 0 Å². The first-order valence-electron chi connectivity index (χ1n) is 10.4. The van der Waals surface area contributed by atoms with Gasteiger partial charge in [0, 0.05) is 11.1 Å². The first kappa shape index (κ1) is 18.4. The Kier molecular flexibility index (Phi) is 4.36. The van der Waals surface area contributed by atoms with Gasteiger partial charge in [-0.25, -0.2) is 0 Å². The number of hydrogen-bond acceptors (Lipinski definition) is 2. The van der Waals surface area contributed by atoms with Gasteiger partial charge in [0.2, 0.25) is 0 Å². The zero-order valence-electron chi connectivity index (χ0n) is 16.7. The standard InChI is InChI=1S/C27H18BClO2/c29-27(20-10-2-1-3-11-20)28-30-23-16-14-18-8-4-6-12-21(18)25(23)26-22-13-7-5-9-19(22)15-17-24(26)31-28/h1-17,27H/t27-/m0/s1. The largest absolute Gasteiger partial charge is 0.618 e. The van der Waals surface area contributed by atoms with Gasteiger partial charge in [-0.1, -0.05) is 91.0 Å². The highest BCUT2D eigenvalue weighted by molar-refractivity contribution is 6.60. The summed E-state index contributed by atoms with van der Waals surface area (Å²) in [7, 11) is -0.661. The number of benzene rings is 5. The van der Waals surface area contributed by atoms with E-state index in [1.54, 1.807) is 0 Å². The fraction of sp³-hybridized carbons (Fsp3) is 0.0370. The maximum atomic E-state index is 6.88. The molecule has 148 valence electrons. The fourth-order valence-electron chi connectivity index (χ4n) is 4.40. The Morgan fingerprint density at radius 2 is 1.03 bits per heavy atom. The van der Waals surface area contributed by atoms with Crippen LogP contribution in [-0.4, -0.2) is 7.12 Å². The molecule has 0 bridgehead atoms. The van der Waals surface area contributed by atoms with Gasteiger partial charge in [-0.2, -0.15) is 0 Å². The Hall–Kier alpha value is -3.43. The molecule has 1 aliphatic rings. The van der Waals surface area contributed by atoms with Crippen molar-refractivity contribution in [2.45, 2.75) is 5.28 Å². The van der Waals surface area contributed by atoms with Crippen LogP contribution in [-0.2, 0) is 0 Å². The first-order chi connectivity index (χ1) is 15.3. The molecule has 0 amide bonds. The van der Waals surface area contributed by atoms with Gasteiger partial charge >= 0.3 is 7.12 Å². The normalized spacial score (nSPS) is 13.6. The lowest BCUT2D eigenvalue weighted by Gasteiger charge is -2.19. The van der Waals surface area contributed by atoms with Gasteiger partial charge in [0.05, 0.1) is 0 Å². The molecule has 1 heterocycles. The Balaban J connectivity index is 1.64. The van der Waals surface area contributed by atoms with Crippen molar-refractivity contribution in [2.75, 3.05) is 0 Å². The molecule has 0 aromatic heterocycles. The molecule has 0 aliphatic carbocycles. The molecule has 0 fully saturated rings. The van der Waals surface area contributed by atoms with Crippen molar-refractivity contribution in [1.82, 2.24) is 0 Å². The van der Waals surface area contributed by atoms with E-state index in [2.05, 4.69) is 60.7 Å². The predicted octanol–water partition coefficient (Wildman–Crippen LogP) is 7.44. The van der Waals surface area contributed by atoms with Crippen LogP contribution in [0.5, 0.6) is 11.5 Å². The number of hydrogen-bond donors (Lipinski definition) is 0. The quantitative estimate of drug-likeness (QED) is 0.218. The Morgan fingerprint density at radius 3 is 1.58 bits per heavy atom. The summed E-state index contributed by atoms with van der Waals surface area (Å²) in [5, 5.41) is 4.12. The number of alkyl halides is 1. The SMILES string of the molecule is Cl[C@H](B1Oc2ccc3ccccc3c2-c2c(ccc3ccccc23)O1)c1ccccc1. The minimum Gasteiger partial charge on any atom is -0.524 e. The van der Waals surface area contributed by atoms with Crippen LogP contribution in [0, 0.1) is 0 Å². The zero-order chi connectivity index (χ0) is 20.8. The summed E-state index contributed by atoms with van der Waals surface area (Å²) in [4.78, 5) is 0. The van der Waals surface area contributed by atoms with Crippen LogP contribution < -0.4 is 9.31 Å². The molecule has 0 saturated heterocycles. The average molecular weight is 421 g/mol. The summed E-state index contributed by atoms with van der Waals surface area (Å²) in [6, 6.07) is 34.9. The van der Waals surface area contributed by atoms with Gasteiger partial charge in [-0.15, -0.1) is 11.6 Å². The van der Waals surface area contributed by atoms with Crippen molar-refractivity contribution < 1.29 is 9.31 Å². The monoisotopic (exact) mass is 420 g/mol. The zero-order valence-corrected chi connectivity index (χ0v) is 17.4. The second-order valence-electron chi connectivity index (χ2n) is 7.74. The van der Waals surface area contributed by atoms with Crippen molar-refractivity contribution in [2.24, 2.45) is 0 Å². The van der Waals surface area contributed by atoms with Crippen LogP contribution in [0.25, 0.3) is 32.7 Å². The minimum atomic E-state index is -0.661. The molecule has 0 saturated carbocycles. The van der Waals surface area contributed by atoms with Gasteiger partial charge in [0.25, 0.3) is 0 Å². The molecule has 0 N–H and O–H groups in total. The topological polar surface area (TPSA) is 18.5 Å². The van der Waals surface area contributed by atoms with E-state index < -0.39 is 12.4 Å². The van der Waals surface area contributed by atoms with Crippen molar-refractivity contribution in [3.05, 3.63) is 109 Å². The van der Waals surface area contributed by atoms with Crippen molar-refractivity contribution in [1.29, 1.82) is 0 Å². The van der Waals surface area contributed by atoms with E-state index in [-0.39, 0.29) is 0 Å². The molecule has 0 unspecified atom stereocenters. The molecule has 5 aromatic carbocycles. The highest BCUT2D eigenvalue weighted by Crippen LogP contribution is 2.48. The fourth-order valence-corrected chi connectivity index (χ4v) is 4.65. The molecule has 4 heteroatoms. The first-order valence-corrected chi connectivity index (χ1v) is 10.8. The lowest BCUT2D eigenvalue weighted by atomic mass is 9.79. The lowest BCUT2D eigenvalue weighted by Crippen LogP contribution is -2.34. The third-order valence-electron chi connectivity index (χ3n) is 5.87. The molecule has 2 nitrogen and oxygen atoms in total. The molecule has 5 aromatic rings. The van der Waals surface area contributed by atoms with E-state index in [0.29, 0.717) is 0 Å². The third-order valence-corrected chi connectivity index (χ3v) is 6.33.